The van der Waals surface area contributed by atoms with Gasteiger partial charge in [-0.05, 0) is 50.1 Å². The number of halogens is 1. The Morgan fingerprint density at radius 3 is 2.90 bits per heavy atom. The van der Waals surface area contributed by atoms with Gasteiger partial charge in [0.05, 0.1) is 12.5 Å². The van der Waals surface area contributed by atoms with E-state index in [0.29, 0.717) is 13.1 Å². The molecule has 6 heteroatoms. The average molecular weight is 354 g/mol. The summed E-state index contributed by atoms with van der Waals surface area (Å²) in [7, 11) is 0. The molecule has 1 aromatic carbocycles. The van der Waals surface area contributed by atoms with Crippen LogP contribution in [0.4, 0.5) is 5.69 Å². The van der Waals surface area contributed by atoms with E-state index in [1.165, 1.54) is 0 Å². The van der Waals surface area contributed by atoms with Crippen molar-refractivity contribution in [2.75, 3.05) is 25.0 Å². The summed E-state index contributed by atoms with van der Waals surface area (Å²) in [5, 5.41) is 2.91. The van der Waals surface area contributed by atoms with E-state index in [9.17, 15) is 9.59 Å². The van der Waals surface area contributed by atoms with Crippen molar-refractivity contribution >= 4 is 33.4 Å². The van der Waals surface area contributed by atoms with Gasteiger partial charge in [-0.1, -0.05) is 15.9 Å². The first-order valence-electron chi connectivity index (χ1n) is 7.03. The van der Waals surface area contributed by atoms with Crippen LogP contribution >= 0.6 is 15.9 Å². The van der Waals surface area contributed by atoms with E-state index in [-0.39, 0.29) is 17.7 Å². The van der Waals surface area contributed by atoms with E-state index in [1.54, 1.807) is 0 Å². The molecule has 2 rings (SSSR count). The monoisotopic (exact) mass is 353 g/mol. The van der Waals surface area contributed by atoms with Gasteiger partial charge in [0.1, 0.15) is 0 Å². The molecule has 0 saturated carbocycles. The number of benzene rings is 1. The van der Waals surface area contributed by atoms with Gasteiger partial charge in [-0.3, -0.25) is 14.5 Å². The van der Waals surface area contributed by atoms with Crippen molar-refractivity contribution in [3.63, 3.8) is 0 Å². The topological polar surface area (TPSA) is 75.4 Å². The number of carbonyl (C=O) groups excluding carboxylic acids is 2. The number of nitrogens with one attached hydrogen (secondary N) is 1. The van der Waals surface area contributed by atoms with Crippen molar-refractivity contribution in [2.45, 2.75) is 19.8 Å². The second-order valence-corrected chi connectivity index (χ2v) is 6.40. The van der Waals surface area contributed by atoms with Gasteiger partial charge in [-0.2, -0.15) is 0 Å². The highest BCUT2D eigenvalue weighted by Crippen LogP contribution is 2.20. The Kier molecular flexibility index (Phi) is 5.36. The Balaban J connectivity index is 1.91. The van der Waals surface area contributed by atoms with Crippen LogP contribution in [-0.4, -0.2) is 36.3 Å². The number of rotatable bonds is 4. The minimum Gasteiger partial charge on any atom is -0.369 e. The summed E-state index contributed by atoms with van der Waals surface area (Å²) >= 11 is 3.40. The zero-order valence-electron chi connectivity index (χ0n) is 12.1. The molecule has 1 heterocycles. The highest BCUT2D eigenvalue weighted by atomic mass is 79.9. The van der Waals surface area contributed by atoms with E-state index >= 15 is 0 Å². The zero-order chi connectivity index (χ0) is 15.4. The van der Waals surface area contributed by atoms with Crippen molar-refractivity contribution in [3.05, 3.63) is 28.2 Å². The van der Waals surface area contributed by atoms with Crippen LogP contribution in [0.25, 0.3) is 0 Å². The van der Waals surface area contributed by atoms with Gasteiger partial charge in [0.15, 0.2) is 0 Å². The van der Waals surface area contributed by atoms with Crippen molar-refractivity contribution < 1.29 is 9.59 Å². The van der Waals surface area contributed by atoms with Crippen LogP contribution in [0, 0.1) is 12.8 Å². The zero-order valence-corrected chi connectivity index (χ0v) is 13.6. The third-order valence-corrected chi connectivity index (χ3v) is 4.23. The van der Waals surface area contributed by atoms with Gasteiger partial charge in [0, 0.05) is 16.7 Å². The first kappa shape index (κ1) is 16.0. The molecular weight excluding hydrogens is 334 g/mol. The molecule has 1 fully saturated rings. The number of amides is 2. The molecule has 0 spiro atoms. The average Bonchev–Trinajstić information content (AvgIpc) is 2.42. The van der Waals surface area contributed by atoms with Crippen LogP contribution in [-0.2, 0) is 9.59 Å². The minimum absolute atomic E-state index is 0.0643. The van der Waals surface area contributed by atoms with Crippen molar-refractivity contribution in [1.82, 2.24) is 4.90 Å². The summed E-state index contributed by atoms with van der Waals surface area (Å²) in [6, 6.07) is 5.73. The summed E-state index contributed by atoms with van der Waals surface area (Å²) in [5.74, 6) is -0.477. The number of piperidine rings is 1. The largest absolute Gasteiger partial charge is 0.369 e. The smallest absolute Gasteiger partial charge is 0.238 e. The quantitative estimate of drug-likeness (QED) is 0.867. The van der Waals surface area contributed by atoms with Crippen molar-refractivity contribution in [3.8, 4) is 0 Å². The molecule has 5 nitrogen and oxygen atoms in total. The first-order valence-corrected chi connectivity index (χ1v) is 7.82. The molecule has 1 aliphatic heterocycles. The second-order valence-electron chi connectivity index (χ2n) is 5.48. The lowest BCUT2D eigenvalue weighted by atomic mass is 9.97. The Bertz CT molecular complexity index is 548. The number of primary amides is 1. The van der Waals surface area contributed by atoms with Gasteiger partial charge in [0.25, 0.3) is 0 Å². The lowest BCUT2D eigenvalue weighted by Crippen LogP contribution is -2.44. The number of hydrogen-bond donors (Lipinski definition) is 2. The van der Waals surface area contributed by atoms with E-state index < -0.39 is 0 Å². The Hall–Kier alpha value is -1.40. The Morgan fingerprint density at radius 2 is 2.24 bits per heavy atom. The maximum Gasteiger partial charge on any atom is 0.238 e. The molecule has 2 amide bonds. The van der Waals surface area contributed by atoms with E-state index in [0.717, 1.165) is 35.1 Å². The van der Waals surface area contributed by atoms with E-state index in [1.807, 2.05) is 30.0 Å². The third-order valence-electron chi connectivity index (χ3n) is 3.74. The molecule has 114 valence electrons. The molecular formula is C15H20BrN3O2. The van der Waals surface area contributed by atoms with Gasteiger partial charge >= 0.3 is 0 Å². The maximum absolute atomic E-state index is 12.1. The predicted octanol–water partition coefficient (Wildman–Crippen LogP) is 1.89. The summed E-state index contributed by atoms with van der Waals surface area (Å²) < 4.78 is 0.985. The molecule has 3 N–H and O–H groups in total. The summed E-state index contributed by atoms with van der Waals surface area (Å²) in [6.45, 7) is 3.64. The molecule has 0 aliphatic carbocycles. The van der Waals surface area contributed by atoms with Crippen LogP contribution in [0.1, 0.15) is 18.4 Å². The van der Waals surface area contributed by atoms with E-state index in [2.05, 4.69) is 21.2 Å². The third kappa shape index (κ3) is 4.54. The molecule has 1 aliphatic rings. The highest BCUT2D eigenvalue weighted by Gasteiger charge is 2.25. The van der Waals surface area contributed by atoms with Gasteiger partial charge in [0.2, 0.25) is 11.8 Å². The molecule has 21 heavy (non-hydrogen) atoms. The molecule has 0 bridgehead atoms. The fourth-order valence-corrected chi connectivity index (χ4v) is 3.07. The maximum atomic E-state index is 12.1. The summed E-state index contributed by atoms with van der Waals surface area (Å²) in [4.78, 5) is 25.3. The first-order chi connectivity index (χ1) is 9.95. The second kappa shape index (κ2) is 7.04. The summed E-state index contributed by atoms with van der Waals surface area (Å²) in [5.41, 5.74) is 7.16. The Labute approximate surface area is 133 Å². The molecule has 0 unspecified atom stereocenters. The number of likely N-dealkylation sites (tertiary alicyclic amines) is 1. The summed E-state index contributed by atoms with van der Waals surface area (Å²) in [6.07, 6.45) is 1.72. The Morgan fingerprint density at radius 1 is 1.48 bits per heavy atom. The van der Waals surface area contributed by atoms with E-state index in [4.69, 9.17) is 5.73 Å². The molecule has 0 radical (unpaired) electrons. The molecule has 0 aromatic heterocycles. The number of hydrogen-bond acceptors (Lipinski definition) is 3. The van der Waals surface area contributed by atoms with Crippen LogP contribution < -0.4 is 11.1 Å². The van der Waals surface area contributed by atoms with Crippen LogP contribution in [0.5, 0.6) is 0 Å². The minimum atomic E-state index is -0.274. The predicted molar refractivity (Wildman–Crippen MR) is 85.9 cm³/mol. The van der Waals surface area contributed by atoms with Gasteiger partial charge in [-0.25, -0.2) is 0 Å². The number of aryl methyl sites for hydroxylation is 1. The lowest BCUT2D eigenvalue weighted by molar-refractivity contribution is -0.125. The number of nitrogens with two attached hydrogens (primary N) is 1. The normalized spacial score (nSPS) is 19.2. The fraction of sp³-hybridized carbons (Fsp3) is 0.467. The van der Waals surface area contributed by atoms with Crippen molar-refractivity contribution in [2.24, 2.45) is 11.7 Å². The highest BCUT2D eigenvalue weighted by molar-refractivity contribution is 9.10. The molecule has 1 atom stereocenters. The van der Waals surface area contributed by atoms with Crippen molar-refractivity contribution in [1.29, 1.82) is 0 Å². The number of anilines is 1. The van der Waals surface area contributed by atoms with Gasteiger partial charge in [-0.15, -0.1) is 0 Å². The molecule has 1 aromatic rings. The SMILES string of the molecule is Cc1cc(Br)ccc1NC(=O)CN1CCC[C@@H](C(N)=O)C1. The van der Waals surface area contributed by atoms with Gasteiger partial charge < -0.3 is 11.1 Å². The fourth-order valence-electron chi connectivity index (χ4n) is 2.59. The van der Waals surface area contributed by atoms with Crippen LogP contribution in [0.3, 0.4) is 0 Å². The standard InChI is InChI=1S/C15H20BrN3O2/c1-10-7-12(16)4-5-13(10)18-14(20)9-19-6-2-3-11(8-19)15(17)21/h4-5,7,11H,2-3,6,8-9H2,1H3,(H2,17,21)(H,18,20)/t11-/m1/s1. The molecule has 1 saturated heterocycles. The lowest BCUT2D eigenvalue weighted by Gasteiger charge is -2.30. The number of carbonyl (C=O) groups is 2. The van der Waals surface area contributed by atoms with Crippen LogP contribution in [0.15, 0.2) is 22.7 Å². The number of nitrogens with zero attached hydrogens (tertiary/aromatic N) is 1. The van der Waals surface area contributed by atoms with Crippen LogP contribution in [0.2, 0.25) is 0 Å².